The first-order valence-corrected chi connectivity index (χ1v) is 17.3. The van der Waals surface area contributed by atoms with Crippen molar-refractivity contribution in [3.63, 3.8) is 0 Å². The molecule has 232 valence electrons. The highest BCUT2D eigenvalue weighted by atomic mass is 79.9. The van der Waals surface area contributed by atoms with Gasteiger partial charge in [0.15, 0.2) is 0 Å². The zero-order valence-electron chi connectivity index (χ0n) is 23.5. The largest absolute Gasteiger partial charge is 0.465 e. The van der Waals surface area contributed by atoms with Gasteiger partial charge in [0.2, 0.25) is 0 Å². The zero-order valence-corrected chi connectivity index (χ0v) is 26.8. The van der Waals surface area contributed by atoms with E-state index in [0.717, 1.165) is 9.95 Å². The minimum absolute atomic E-state index is 0.00146. The number of aliphatic hydroxyl groups is 1. The molecule has 0 amide bonds. The van der Waals surface area contributed by atoms with E-state index < -0.39 is 56.0 Å². The monoisotopic (exact) mass is 697 g/mol. The van der Waals surface area contributed by atoms with Crippen molar-refractivity contribution < 1.29 is 33.0 Å². The molecular weight excluding hydrogens is 665 g/mol. The minimum Gasteiger partial charge on any atom is -0.465 e. The molecule has 2 heterocycles. The van der Waals surface area contributed by atoms with Crippen molar-refractivity contribution in [1.29, 1.82) is 0 Å². The van der Waals surface area contributed by atoms with Crippen LogP contribution >= 0.6 is 35.4 Å². The van der Waals surface area contributed by atoms with E-state index in [2.05, 4.69) is 26.0 Å². The molecule has 5 atom stereocenters. The molecule has 3 aromatic rings. The van der Waals surface area contributed by atoms with E-state index in [1.807, 2.05) is 30.5 Å². The highest BCUT2D eigenvalue weighted by Crippen LogP contribution is 2.48. The lowest BCUT2D eigenvalue weighted by Crippen LogP contribution is -2.39. The molecule has 0 spiro atoms. The Hall–Kier alpha value is -2.71. The molecule has 1 fully saturated rings. The summed E-state index contributed by atoms with van der Waals surface area (Å²) < 4.78 is 38.4. The number of aromatic amines is 1. The van der Waals surface area contributed by atoms with E-state index in [1.54, 1.807) is 25.1 Å². The average Bonchev–Trinajstić information content (AvgIpc) is 3.36. The Morgan fingerprint density at radius 1 is 1.30 bits per heavy atom. The van der Waals surface area contributed by atoms with Gasteiger partial charge in [0.25, 0.3) is 5.56 Å². The smallest absolute Gasteiger partial charge is 0.459 e. The molecule has 1 aliphatic heterocycles. The number of aliphatic hydroxyl groups excluding tert-OH is 1. The van der Waals surface area contributed by atoms with E-state index in [4.69, 9.17) is 18.5 Å². The summed E-state index contributed by atoms with van der Waals surface area (Å²) in [6.45, 7) is 1.40. The van der Waals surface area contributed by atoms with Crippen molar-refractivity contribution in [2.75, 3.05) is 25.2 Å². The molecule has 15 heteroatoms. The van der Waals surface area contributed by atoms with Crippen molar-refractivity contribution in [2.24, 2.45) is 0 Å². The SMILES string of the molecule is CCOC(=O)[C@H](CCSC)NP(=O)(OC[C@H]1O[C@@H](n2cc(/C=C/Br)c(=O)[nH]c2=O)C[C@@H]1O)Oc1cccc2ccccc12. The number of aromatic nitrogens is 2. The second-order valence-corrected chi connectivity index (χ2v) is 12.8. The fourth-order valence-corrected chi connectivity index (χ4v) is 6.82. The van der Waals surface area contributed by atoms with E-state index in [1.165, 1.54) is 29.0 Å². The number of halogens is 1. The first kappa shape index (κ1) is 33.2. The molecule has 0 saturated carbocycles. The van der Waals surface area contributed by atoms with Gasteiger partial charge >= 0.3 is 19.4 Å². The molecule has 4 rings (SSSR count). The predicted octanol–water partition coefficient (Wildman–Crippen LogP) is 4.18. The number of esters is 1. The summed E-state index contributed by atoms with van der Waals surface area (Å²) in [5, 5.41) is 15.1. The number of fused-ring (bicyclic) bond motifs is 1. The normalized spacial score (nSPS) is 20.7. The van der Waals surface area contributed by atoms with Crippen molar-refractivity contribution >= 4 is 58.3 Å². The Balaban J connectivity index is 1.59. The van der Waals surface area contributed by atoms with Gasteiger partial charge in [0.1, 0.15) is 24.1 Å². The topological polar surface area (TPSA) is 158 Å². The van der Waals surface area contributed by atoms with Crippen LogP contribution in [0.25, 0.3) is 16.8 Å². The van der Waals surface area contributed by atoms with Gasteiger partial charge in [-0.05, 0) is 47.9 Å². The Kier molecular flexibility index (Phi) is 11.8. The van der Waals surface area contributed by atoms with Gasteiger partial charge in [-0.15, -0.1) is 0 Å². The number of hydrogen-bond acceptors (Lipinski definition) is 10. The maximum atomic E-state index is 14.3. The number of carbonyl (C=O) groups excluding carboxylic acids is 1. The van der Waals surface area contributed by atoms with Crippen LogP contribution in [0.2, 0.25) is 0 Å². The first-order valence-electron chi connectivity index (χ1n) is 13.5. The summed E-state index contributed by atoms with van der Waals surface area (Å²) in [7, 11) is -4.30. The van der Waals surface area contributed by atoms with Gasteiger partial charge < -0.3 is 19.1 Å². The number of nitrogens with zero attached hydrogens (tertiary/aromatic N) is 1. The summed E-state index contributed by atoms with van der Waals surface area (Å²) in [6.07, 6.45) is 1.90. The quantitative estimate of drug-likeness (QED) is 0.164. The second kappa shape index (κ2) is 15.3. The van der Waals surface area contributed by atoms with E-state index in [9.17, 15) is 24.1 Å². The van der Waals surface area contributed by atoms with Gasteiger partial charge in [-0.25, -0.2) is 9.36 Å². The number of carbonyl (C=O) groups is 1. The van der Waals surface area contributed by atoms with Crippen LogP contribution in [-0.2, 0) is 23.4 Å². The Morgan fingerprint density at radius 3 is 2.81 bits per heavy atom. The molecule has 43 heavy (non-hydrogen) atoms. The number of hydrogen-bond donors (Lipinski definition) is 3. The van der Waals surface area contributed by atoms with Crippen molar-refractivity contribution in [1.82, 2.24) is 14.6 Å². The highest BCUT2D eigenvalue weighted by Gasteiger charge is 2.40. The van der Waals surface area contributed by atoms with E-state index in [-0.39, 0.29) is 30.8 Å². The standard InChI is InChI=1S/C28H33BrN3O9PS/c1-3-38-27(35)21(12-14-43-2)31-42(37,41-23-10-6-8-18-7-4-5-9-20(18)23)39-17-24-22(33)15-25(40-24)32-16-19(11-13-29)26(34)30-28(32)36/h4-11,13,16,21-22,24-25,33H,3,12,14-15,17H2,1-2H3,(H,31,37)(H,30,34,36)/b13-11+/t21-,22-,24+,25+,42?/m0/s1. The van der Waals surface area contributed by atoms with Crippen LogP contribution in [0, 0.1) is 0 Å². The minimum atomic E-state index is -4.30. The fourth-order valence-electron chi connectivity index (χ4n) is 4.51. The van der Waals surface area contributed by atoms with Crippen molar-refractivity contribution in [2.45, 2.75) is 44.2 Å². The summed E-state index contributed by atoms with van der Waals surface area (Å²) >= 11 is 4.61. The summed E-state index contributed by atoms with van der Waals surface area (Å²) in [5.74, 6) is 0.223. The van der Waals surface area contributed by atoms with Gasteiger partial charge in [0.05, 0.1) is 24.9 Å². The zero-order chi connectivity index (χ0) is 31.0. The first-order chi connectivity index (χ1) is 20.7. The lowest BCUT2D eigenvalue weighted by Gasteiger charge is -2.26. The van der Waals surface area contributed by atoms with Crippen LogP contribution < -0.4 is 20.9 Å². The number of thioether (sulfide) groups is 1. The predicted molar refractivity (Wildman–Crippen MR) is 169 cm³/mol. The number of nitrogens with one attached hydrogen (secondary N) is 2. The van der Waals surface area contributed by atoms with Crippen LogP contribution in [0.3, 0.4) is 0 Å². The molecule has 0 radical (unpaired) electrons. The molecular formula is C28H33BrN3O9PS. The van der Waals surface area contributed by atoms with Crippen molar-refractivity contribution in [3.05, 3.63) is 80.0 Å². The maximum absolute atomic E-state index is 14.3. The summed E-state index contributed by atoms with van der Waals surface area (Å²) in [5.41, 5.74) is -1.10. The number of H-pyrrole nitrogens is 1. The molecule has 1 aliphatic rings. The van der Waals surface area contributed by atoms with Crippen LogP contribution in [0.1, 0.15) is 31.6 Å². The lowest BCUT2D eigenvalue weighted by atomic mass is 10.1. The van der Waals surface area contributed by atoms with Crippen LogP contribution in [0.4, 0.5) is 0 Å². The van der Waals surface area contributed by atoms with Gasteiger partial charge in [0, 0.05) is 18.0 Å². The third kappa shape index (κ3) is 8.48. The highest BCUT2D eigenvalue weighted by molar-refractivity contribution is 9.11. The summed E-state index contributed by atoms with van der Waals surface area (Å²) in [6, 6.07) is 11.6. The Bertz CT molecular complexity index is 1610. The van der Waals surface area contributed by atoms with Gasteiger partial charge in [-0.3, -0.25) is 23.7 Å². The fraction of sp³-hybridized carbons (Fsp3) is 0.393. The number of ether oxygens (including phenoxy) is 2. The molecule has 1 saturated heterocycles. The summed E-state index contributed by atoms with van der Waals surface area (Å²) in [4.78, 5) is 41.1. The maximum Gasteiger partial charge on any atom is 0.459 e. The molecule has 1 aromatic heterocycles. The molecule has 12 nitrogen and oxygen atoms in total. The van der Waals surface area contributed by atoms with Gasteiger partial charge in [-0.1, -0.05) is 52.3 Å². The van der Waals surface area contributed by atoms with E-state index in [0.29, 0.717) is 11.1 Å². The van der Waals surface area contributed by atoms with Crippen molar-refractivity contribution in [3.8, 4) is 5.75 Å². The molecule has 1 unspecified atom stereocenters. The second-order valence-electron chi connectivity index (χ2n) is 9.55. The number of benzene rings is 2. The third-order valence-corrected chi connectivity index (χ3v) is 9.09. The Morgan fingerprint density at radius 2 is 2.07 bits per heavy atom. The van der Waals surface area contributed by atoms with Crippen LogP contribution in [0.5, 0.6) is 5.75 Å². The molecule has 3 N–H and O–H groups in total. The van der Waals surface area contributed by atoms with E-state index >= 15 is 0 Å². The third-order valence-electron chi connectivity index (χ3n) is 6.62. The van der Waals surface area contributed by atoms with Crippen LogP contribution in [0.15, 0.2) is 63.2 Å². The van der Waals surface area contributed by atoms with Gasteiger partial charge in [-0.2, -0.15) is 16.8 Å². The average molecular weight is 699 g/mol. The lowest BCUT2D eigenvalue weighted by molar-refractivity contribution is -0.145. The number of rotatable bonds is 14. The molecule has 0 aliphatic carbocycles. The Labute approximate surface area is 260 Å². The van der Waals surface area contributed by atoms with Crippen LogP contribution in [-0.4, -0.2) is 64.1 Å². The molecule has 0 bridgehead atoms. The molecule has 2 aromatic carbocycles.